The molecule has 7 heteroatoms. The normalized spacial score (nSPS) is 10.4. The van der Waals surface area contributed by atoms with Crippen LogP contribution >= 0.6 is 0 Å². The molecule has 0 spiro atoms. The first-order chi connectivity index (χ1) is 9.95. The lowest BCUT2D eigenvalue weighted by atomic mass is 10.2. The van der Waals surface area contributed by atoms with Gasteiger partial charge in [0.25, 0.3) is 5.91 Å². The number of hydrogen-bond acceptors (Lipinski definition) is 5. The molecule has 0 aliphatic carbocycles. The number of ether oxygens (including phenoxy) is 1. The summed E-state index contributed by atoms with van der Waals surface area (Å²) in [7, 11) is 0. The summed E-state index contributed by atoms with van der Waals surface area (Å²) in [6.45, 7) is 3.56. The van der Waals surface area contributed by atoms with Gasteiger partial charge in [0, 0.05) is 11.8 Å². The zero-order valence-corrected chi connectivity index (χ0v) is 11.7. The Morgan fingerprint density at radius 2 is 1.95 bits per heavy atom. The van der Waals surface area contributed by atoms with Crippen molar-refractivity contribution in [2.24, 2.45) is 0 Å². The predicted molar refractivity (Wildman–Crippen MR) is 77.9 cm³/mol. The lowest BCUT2D eigenvalue weighted by molar-refractivity contribution is 0.0378. The van der Waals surface area contributed by atoms with Crippen LogP contribution < -0.4 is 11.1 Å². The fourth-order valence-electron chi connectivity index (χ4n) is 1.62. The highest BCUT2D eigenvalue weighted by molar-refractivity contribution is 6.03. The zero-order valence-electron chi connectivity index (χ0n) is 11.7. The van der Waals surface area contributed by atoms with E-state index >= 15 is 0 Å². The van der Waals surface area contributed by atoms with E-state index in [2.05, 4.69) is 15.5 Å². The van der Waals surface area contributed by atoms with Gasteiger partial charge >= 0.3 is 5.97 Å². The third kappa shape index (κ3) is 3.82. The van der Waals surface area contributed by atoms with Gasteiger partial charge in [-0.05, 0) is 38.1 Å². The molecule has 0 saturated heterocycles. The van der Waals surface area contributed by atoms with Gasteiger partial charge in [0.05, 0.1) is 11.7 Å². The summed E-state index contributed by atoms with van der Waals surface area (Å²) in [5.41, 5.74) is 6.66. The predicted octanol–water partition coefficient (Wildman–Crippen LogP) is 1.81. The van der Waals surface area contributed by atoms with Crippen molar-refractivity contribution in [1.82, 2.24) is 10.2 Å². The summed E-state index contributed by atoms with van der Waals surface area (Å²) in [5, 5.41) is 8.85. The maximum Gasteiger partial charge on any atom is 0.338 e. The molecule has 2 rings (SSSR count). The van der Waals surface area contributed by atoms with Crippen molar-refractivity contribution in [3.63, 3.8) is 0 Å². The number of nitrogens with two attached hydrogens (primary N) is 1. The topological polar surface area (TPSA) is 110 Å². The minimum Gasteiger partial charge on any atom is -0.459 e. The molecule has 0 aliphatic heterocycles. The third-order valence-corrected chi connectivity index (χ3v) is 2.56. The second-order valence-electron chi connectivity index (χ2n) is 4.69. The number of nitrogen functional groups attached to an aromatic ring is 1. The first-order valence-electron chi connectivity index (χ1n) is 6.39. The van der Waals surface area contributed by atoms with E-state index in [0.29, 0.717) is 11.3 Å². The average molecular weight is 288 g/mol. The molecule has 110 valence electrons. The van der Waals surface area contributed by atoms with Crippen LogP contribution in [0.5, 0.6) is 0 Å². The Kier molecular flexibility index (Phi) is 4.22. The number of benzene rings is 1. The SMILES string of the molecule is CC(C)OC(=O)c1ccc(NC(=O)c2cc(N)n[nH]2)cc1. The van der Waals surface area contributed by atoms with Crippen LogP contribution in [0.25, 0.3) is 0 Å². The molecule has 0 saturated carbocycles. The smallest absolute Gasteiger partial charge is 0.338 e. The van der Waals surface area contributed by atoms with Gasteiger partial charge in [-0.25, -0.2) is 4.79 Å². The number of rotatable bonds is 4. The highest BCUT2D eigenvalue weighted by Gasteiger charge is 2.11. The van der Waals surface area contributed by atoms with E-state index in [1.165, 1.54) is 6.07 Å². The lowest BCUT2D eigenvalue weighted by Gasteiger charge is -2.08. The van der Waals surface area contributed by atoms with Crippen molar-refractivity contribution in [2.75, 3.05) is 11.1 Å². The van der Waals surface area contributed by atoms with Crippen molar-refractivity contribution in [3.8, 4) is 0 Å². The fourth-order valence-corrected chi connectivity index (χ4v) is 1.62. The molecular formula is C14H16N4O3. The van der Waals surface area contributed by atoms with Crippen LogP contribution in [0.4, 0.5) is 11.5 Å². The molecule has 1 aromatic heterocycles. The summed E-state index contributed by atoms with van der Waals surface area (Å²) in [6.07, 6.45) is -0.178. The number of hydrogen-bond donors (Lipinski definition) is 3. The summed E-state index contributed by atoms with van der Waals surface area (Å²) >= 11 is 0. The van der Waals surface area contributed by atoms with E-state index in [1.807, 2.05) is 0 Å². The van der Waals surface area contributed by atoms with Gasteiger partial charge in [-0.3, -0.25) is 9.89 Å². The highest BCUT2D eigenvalue weighted by Crippen LogP contribution is 2.13. The Hall–Kier alpha value is -2.83. The van der Waals surface area contributed by atoms with Crippen molar-refractivity contribution in [3.05, 3.63) is 41.6 Å². The number of carbonyl (C=O) groups excluding carboxylic acids is 2. The average Bonchev–Trinajstić information content (AvgIpc) is 2.85. The van der Waals surface area contributed by atoms with Crippen molar-refractivity contribution >= 4 is 23.4 Å². The quantitative estimate of drug-likeness (QED) is 0.743. The van der Waals surface area contributed by atoms with Crippen molar-refractivity contribution in [2.45, 2.75) is 20.0 Å². The van der Waals surface area contributed by atoms with Crippen LogP contribution in [0.2, 0.25) is 0 Å². The summed E-state index contributed by atoms with van der Waals surface area (Å²) in [5.74, 6) is -0.521. The number of nitrogens with zero attached hydrogens (tertiary/aromatic N) is 1. The number of aromatic amines is 1. The molecule has 0 unspecified atom stereocenters. The number of esters is 1. The highest BCUT2D eigenvalue weighted by atomic mass is 16.5. The largest absolute Gasteiger partial charge is 0.459 e. The number of H-pyrrole nitrogens is 1. The van der Waals surface area contributed by atoms with Crippen LogP contribution in [-0.4, -0.2) is 28.2 Å². The van der Waals surface area contributed by atoms with E-state index in [-0.39, 0.29) is 23.5 Å². The number of nitrogens with one attached hydrogen (secondary N) is 2. The standard InChI is InChI=1S/C14H16N4O3/c1-8(2)21-14(20)9-3-5-10(6-4-9)16-13(19)11-7-12(15)18-17-11/h3-8H,1-2H3,(H,16,19)(H3,15,17,18). The number of carbonyl (C=O) groups is 2. The Labute approximate surface area is 121 Å². The van der Waals surface area contributed by atoms with Crippen molar-refractivity contribution < 1.29 is 14.3 Å². The third-order valence-electron chi connectivity index (χ3n) is 2.56. The van der Waals surface area contributed by atoms with E-state index in [9.17, 15) is 9.59 Å². The molecule has 0 radical (unpaired) electrons. The maximum atomic E-state index is 11.9. The Morgan fingerprint density at radius 1 is 1.29 bits per heavy atom. The van der Waals surface area contributed by atoms with E-state index in [0.717, 1.165) is 0 Å². The van der Waals surface area contributed by atoms with Crippen LogP contribution in [-0.2, 0) is 4.74 Å². The Morgan fingerprint density at radius 3 is 2.48 bits per heavy atom. The Balaban J connectivity index is 2.02. The molecule has 0 aliphatic rings. The van der Waals surface area contributed by atoms with Crippen molar-refractivity contribution in [1.29, 1.82) is 0 Å². The molecular weight excluding hydrogens is 272 g/mol. The van der Waals surface area contributed by atoms with Crippen LogP contribution in [0.3, 0.4) is 0 Å². The molecule has 0 fully saturated rings. The maximum absolute atomic E-state index is 11.9. The van der Waals surface area contributed by atoms with Gasteiger partial charge in [-0.1, -0.05) is 0 Å². The van der Waals surface area contributed by atoms with Gasteiger partial charge in [0.1, 0.15) is 11.5 Å². The molecule has 4 N–H and O–H groups in total. The van der Waals surface area contributed by atoms with Gasteiger partial charge in [0.15, 0.2) is 0 Å². The zero-order chi connectivity index (χ0) is 15.4. The minimum absolute atomic E-state index is 0.178. The summed E-state index contributed by atoms with van der Waals surface area (Å²) < 4.78 is 5.08. The summed E-state index contributed by atoms with van der Waals surface area (Å²) in [6, 6.07) is 7.84. The van der Waals surface area contributed by atoms with E-state index in [4.69, 9.17) is 10.5 Å². The molecule has 0 bridgehead atoms. The minimum atomic E-state index is -0.399. The first kappa shape index (κ1) is 14.6. The number of aromatic nitrogens is 2. The van der Waals surface area contributed by atoms with Gasteiger partial charge in [0.2, 0.25) is 0 Å². The second-order valence-corrected chi connectivity index (χ2v) is 4.69. The molecule has 21 heavy (non-hydrogen) atoms. The van der Waals surface area contributed by atoms with Crippen LogP contribution in [0.1, 0.15) is 34.7 Å². The van der Waals surface area contributed by atoms with Crippen LogP contribution in [0.15, 0.2) is 30.3 Å². The molecule has 1 heterocycles. The monoisotopic (exact) mass is 288 g/mol. The Bertz CT molecular complexity index is 646. The first-order valence-corrected chi connectivity index (χ1v) is 6.39. The summed E-state index contributed by atoms with van der Waals surface area (Å²) in [4.78, 5) is 23.5. The lowest BCUT2D eigenvalue weighted by Crippen LogP contribution is -2.13. The van der Waals surface area contributed by atoms with Gasteiger partial charge < -0.3 is 15.8 Å². The molecule has 2 aromatic rings. The van der Waals surface area contributed by atoms with Gasteiger partial charge in [-0.15, -0.1) is 0 Å². The van der Waals surface area contributed by atoms with E-state index < -0.39 is 5.97 Å². The molecule has 0 atom stereocenters. The molecule has 1 aromatic carbocycles. The fraction of sp³-hybridized carbons (Fsp3) is 0.214. The number of anilines is 2. The molecule has 7 nitrogen and oxygen atoms in total. The van der Waals surface area contributed by atoms with Gasteiger partial charge in [-0.2, -0.15) is 5.10 Å². The second kappa shape index (κ2) is 6.08. The van der Waals surface area contributed by atoms with E-state index in [1.54, 1.807) is 38.1 Å². The van der Waals surface area contributed by atoms with Crippen LogP contribution in [0, 0.1) is 0 Å². The number of amides is 1. The molecule has 1 amide bonds.